The van der Waals surface area contributed by atoms with Gasteiger partial charge in [-0.15, -0.1) is 0 Å². The van der Waals surface area contributed by atoms with E-state index < -0.39 is 14.4 Å². The summed E-state index contributed by atoms with van der Waals surface area (Å²) in [5.41, 5.74) is 9.14. The molecule has 8 aromatic rings. The van der Waals surface area contributed by atoms with Gasteiger partial charge in [-0.3, -0.25) is 0 Å². The van der Waals surface area contributed by atoms with Crippen molar-refractivity contribution in [2.75, 3.05) is 20.4 Å². The van der Waals surface area contributed by atoms with Gasteiger partial charge in [0.1, 0.15) is 40.2 Å². The van der Waals surface area contributed by atoms with Crippen molar-refractivity contribution in [2.24, 2.45) is 10.8 Å². The first-order chi connectivity index (χ1) is 40.1. The molecule has 2 radical (unpaired) electrons. The highest BCUT2D eigenvalue weighted by atomic mass is 28.3. The molecule has 0 saturated heterocycles. The molecule has 1 atom stereocenters. The Labute approximate surface area is 496 Å². The standard InChI is InChI=1S/C74H82O7Si2/c1-71(2)47-72(3,4)49-73(48-71)65-44-52(51-20-16-15-17-21-51)22-39-61(65)68-63-45-66(76-5)67(77-6)46-64(63)70-62(69(68)73)40-41-74(81-70,53-23-29-57(30-24-53)79-59-33-27-55(75)28-34-59)54-25-31-58(32-26-54)80-60-37-35-56(36-38-60)78-50-83(9)43-19-14-12-10-11-13-18-42-82(7)8/h15-17,20-41,44-46,75H,10-14,18-19,42-43,47-50H2,1-9H3. The van der Waals surface area contributed by atoms with E-state index in [4.69, 9.17) is 28.4 Å². The predicted octanol–water partition coefficient (Wildman–Crippen LogP) is 20.2. The van der Waals surface area contributed by atoms with Gasteiger partial charge in [-0.25, -0.2) is 0 Å². The van der Waals surface area contributed by atoms with Crippen LogP contribution in [-0.4, -0.2) is 43.1 Å². The molecule has 1 heterocycles. The van der Waals surface area contributed by atoms with Gasteiger partial charge in [0.05, 0.1) is 29.2 Å². The van der Waals surface area contributed by atoms with E-state index in [1.54, 1.807) is 38.5 Å². The van der Waals surface area contributed by atoms with Gasteiger partial charge in [0.15, 0.2) is 17.1 Å². The third kappa shape index (κ3) is 12.3. The molecule has 1 aliphatic heterocycles. The van der Waals surface area contributed by atoms with Crippen molar-refractivity contribution in [3.8, 4) is 74.0 Å². The minimum absolute atomic E-state index is 0.0287. The number of methoxy groups -OCH3 is 2. The Morgan fingerprint density at radius 1 is 0.530 bits per heavy atom. The number of hydrogen-bond acceptors (Lipinski definition) is 7. The van der Waals surface area contributed by atoms with E-state index in [0.29, 0.717) is 28.7 Å². The summed E-state index contributed by atoms with van der Waals surface area (Å²) >= 11 is 0. The zero-order chi connectivity index (χ0) is 57.9. The summed E-state index contributed by atoms with van der Waals surface area (Å²) in [6.45, 7) is 17.1. The maximum atomic E-state index is 9.99. The zero-order valence-electron chi connectivity index (χ0n) is 50.3. The highest BCUT2D eigenvalue weighted by Gasteiger charge is 2.56. The van der Waals surface area contributed by atoms with E-state index in [-0.39, 0.29) is 30.8 Å². The minimum atomic E-state index is -1.10. The Hall–Kier alpha value is -7.21. The summed E-state index contributed by atoms with van der Waals surface area (Å²) in [6.07, 6.45) is 18.1. The molecule has 1 spiro atoms. The lowest BCUT2D eigenvalue weighted by Gasteiger charge is -2.52. The van der Waals surface area contributed by atoms with Crippen LogP contribution < -0.4 is 28.4 Å². The second kappa shape index (κ2) is 24.2. The molecule has 1 fully saturated rings. The lowest BCUT2D eigenvalue weighted by atomic mass is 9.52. The predicted molar refractivity (Wildman–Crippen MR) is 345 cm³/mol. The number of hydrogen-bond donors (Lipinski definition) is 1. The molecule has 11 rings (SSSR count). The van der Waals surface area contributed by atoms with Crippen molar-refractivity contribution in [1.82, 2.24) is 0 Å². The smallest absolute Gasteiger partial charge is 0.178 e. The van der Waals surface area contributed by atoms with Crippen LogP contribution in [0.15, 0.2) is 164 Å². The van der Waals surface area contributed by atoms with Gasteiger partial charge in [0.2, 0.25) is 0 Å². The first kappa shape index (κ1) is 57.6. The highest BCUT2D eigenvalue weighted by molar-refractivity contribution is 6.57. The van der Waals surface area contributed by atoms with Gasteiger partial charge in [-0.05, 0) is 166 Å². The van der Waals surface area contributed by atoms with E-state index in [1.807, 2.05) is 48.5 Å². The van der Waals surface area contributed by atoms with E-state index in [9.17, 15) is 5.11 Å². The van der Waals surface area contributed by atoms with Gasteiger partial charge in [0, 0.05) is 36.3 Å². The van der Waals surface area contributed by atoms with Gasteiger partial charge < -0.3 is 33.5 Å². The van der Waals surface area contributed by atoms with Crippen LogP contribution >= 0.6 is 0 Å². The molecular formula is C74H82O7Si2. The molecule has 83 heavy (non-hydrogen) atoms. The van der Waals surface area contributed by atoms with Gasteiger partial charge in [-0.2, -0.15) is 0 Å². The van der Waals surface area contributed by atoms with Crippen LogP contribution in [0.2, 0.25) is 31.7 Å². The summed E-state index contributed by atoms with van der Waals surface area (Å²) in [4.78, 5) is 0. The first-order valence-electron chi connectivity index (χ1n) is 30.1. The van der Waals surface area contributed by atoms with Crippen LogP contribution in [-0.2, 0) is 11.0 Å². The van der Waals surface area contributed by atoms with Crippen LogP contribution in [0.5, 0.6) is 51.7 Å². The quantitative estimate of drug-likeness (QED) is 0.0535. The summed E-state index contributed by atoms with van der Waals surface area (Å²) in [5.74, 6) is 5.89. The topological polar surface area (TPSA) is 75.6 Å². The monoisotopic (exact) mass is 1140 g/mol. The fourth-order valence-electron chi connectivity index (χ4n) is 14.3. The molecule has 7 nitrogen and oxygen atoms in total. The van der Waals surface area contributed by atoms with Crippen molar-refractivity contribution in [2.45, 2.75) is 135 Å². The number of fused-ring (bicyclic) bond motifs is 10. The molecule has 1 saturated carbocycles. The lowest BCUT2D eigenvalue weighted by Crippen LogP contribution is -2.44. The molecular weight excluding hydrogens is 1060 g/mol. The molecule has 0 bridgehead atoms. The van der Waals surface area contributed by atoms with E-state index >= 15 is 0 Å². The molecule has 8 aromatic carbocycles. The Balaban J connectivity index is 0.938. The normalized spacial score (nSPS) is 17.0. The Morgan fingerprint density at radius 3 is 1.61 bits per heavy atom. The fourth-order valence-corrected chi connectivity index (χ4v) is 16.7. The Bertz CT molecular complexity index is 3550. The van der Waals surface area contributed by atoms with Crippen LogP contribution in [0.1, 0.15) is 120 Å². The van der Waals surface area contributed by atoms with E-state index in [0.717, 1.165) is 70.2 Å². The fraction of sp³-hybridized carbons (Fsp3) is 0.351. The van der Waals surface area contributed by atoms with Crippen molar-refractivity contribution in [3.63, 3.8) is 0 Å². The number of ether oxygens (including phenoxy) is 6. The maximum absolute atomic E-state index is 9.99. The lowest BCUT2D eigenvalue weighted by molar-refractivity contribution is 0.0642. The van der Waals surface area contributed by atoms with Gasteiger partial charge in [-0.1, -0.05) is 177 Å². The molecule has 0 aromatic heterocycles. The van der Waals surface area contributed by atoms with Crippen LogP contribution in [0.3, 0.4) is 0 Å². The SMILES string of the molecule is COc1cc2c3c(c4c(c2cc1OC)-c1ccc(-c2ccccc2)cc1C41CC(C)(C)CC(C)(C)C1)C=CC(c1ccc(Oc2ccc(O)cc2)cc1)(c1ccc(Oc2ccc(OC[Si](C)CCCCCCCCC[Si](C)C)cc2)cc1)O3. The maximum Gasteiger partial charge on any atom is 0.178 e. The summed E-state index contributed by atoms with van der Waals surface area (Å²) < 4.78 is 39.4. The number of benzene rings is 8. The Kier molecular flexibility index (Phi) is 16.8. The van der Waals surface area contributed by atoms with Crippen molar-refractivity contribution in [1.29, 1.82) is 0 Å². The van der Waals surface area contributed by atoms with Crippen molar-refractivity contribution >= 4 is 34.4 Å². The number of phenolic OH excluding ortho intramolecular Hbond substituents is 1. The summed E-state index contributed by atoms with van der Waals surface area (Å²) in [7, 11) is 2.78. The third-order valence-electron chi connectivity index (χ3n) is 17.4. The van der Waals surface area contributed by atoms with Crippen LogP contribution in [0.4, 0.5) is 0 Å². The highest BCUT2D eigenvalue weighted by Crippen LogP contribution is 2.67. The summed E-state index contributed by atoms with van der Waals surface area (Å²) in [6, 6.07) is 56.3. The Morgan fingerprint density at radius 2 is 1.05 bits per heavy atom. The van der Waals surface area contributed by atoms with Gasteiger partial charge >= 0.3 is 0 Å². The molecule has 3 aliphatic rings. The second-order valence-corrected chi connectivity index (χ2v) is 31.2. The van der Waals surface area contributed by atoms with Crippen LogP contribution in [0.25, 0.3) is 39.1 Å². The molecule has 9 heteroatoms. The summed E-state index contributed by atoms with van der Waals surface area (Å²) in [5, 5.41) is 12.0. The van der Waals surface area contributed by atoms with Gasteiger partial charge in [0.25, 0.3) is 0 Å². The zero-order valence-corrected chi connectivity index (χ0v) is 52.3. The number of rotatable bonds is 22. The third-order valence-corrected chi connectivity index (χ3v) is 20.6. The second-order valence-electron chi connectivity index (χ2n) is 25.6. The average molecular weight is 1140 g/mol. The molecule has 1 N–H and O–H groups in total. The van der Waals surface area contributed by atoms with Crippen molar-refractivity contribution < 1.29 is 33.5 Å². The largest absolute Gasteiger partial charge is 0.508 e. The average Bonchev–Trinajstić information content (AvgIpc) is 1.66. The van der Waals surface area contributed by atoms with Crippen molar-refractivity contribution in [3.05, 3.63) is 192 Å². The number of aromatic hydroxyl groups is 1. The minimum Gasteiger partial charge on any atom is -0.508 e. The molecule has 428 valence electrons. The van der Waals surface area contributed by atoms with E-state index in [1.165, 1.54) is 90.4 Å². The number of phenols is 1. The van der Waals surface area contributed by atoms with E-state index in [2.05, 4.69) is 144 Å². The molecule has 2 aliphatic carbocycles. The first-order valence-corrected chi connectivity index (χ1v) is 35.2. The molecule has 1 unspecified atom stereocenters. The number of unbranched alkanes of at least 4 members (excludes halogenated alkanes) is 6. The molecule has 0 amide bonds. The van der Waals surface area contributed by atoms with Crippen LogP contribution in [0, 0.1) is 10.8 Å².